The number of nitrogens with one attached hydrogen (secondary N) is 1. The average molecular weight is 304 g/mol. The van der Waals surface area contributed by atoms with Crippen LogP contribution in [0.5, 0.6) is 11.6 Å². The van der Waals surface area contributed by atoms with Gasteiger partial charge in [-0.1, -0.05) is 0 Å². The molecule has 0 saturated heterocycles. The van der Waals surface area contributed by atoms with E-state index in [-0.39, 0.29) is 0 Å². The molecule has 0 aliphatic heterocycles. The molecule has 0 bridgehead atoms. The van der Waals surface area contributed by atoms with Crippen LogP contribution >= 0.6 is 0 Å². The van der Waals surface area contributed by atoms with Gasteiger partial charge in [0.25, 0.3) is 0 Å². The van der Waals surface area contributed by atoms with Crippen LogP contribution in [0.15, 0.2) is 24.4 Å². The Labute approximate surface area is 129 Å². The molecular formula is C15H20N4O3. The number of aromatic nitrogens is 3. The third-order valence-corrected chi connectivity index (χ3v) is 2.55. The van der Waals surface area contributed by atoms with Gasteiger partial charge in [0.15, 0.2) is 0 Å². The van der Waals surface area contributed by atoms with Gasteiger partial charge in [-0.05, 0) is 39.8 Å². The molecule has 7 heteroatoms. The molecule has 2 rings (SSSR count). The fourth-order valence-corrected chi connectivity index (χ4v) is 1.73. The van der Waals surface area contributed by atoms with Gasteiger partial charge < -0.3 is 9.47 Å². The third-order valence-electron chi connectivity index (χ3n) is 2.55. The zero-order valence-corrected chi connectivity index (χ0v) is 13.4. The lowest BCUT2D eigenvalue weighted by molar-refractivity contribution is 0.0635. The van der Waals surface area contributed by atoms with E-state index in [9.17, 15) is 4.79 Å². The molecular weight excluding hydrogens is 284 g/mol. The van der Waals surface area contributed by atoms with Gasteiger partial charge in [0, 0.05) is 13.1 Å². The smallest absolute Gasteiger partial charge is 0.413 e. The summed E-state index contributed by atoms with van der Waals surface area (Å²) < 4.78 is 12.5. The molecule has 2 aromatic rings. The standard InChI is InChI=1S/C15H20N4O3/c1-10-8-13(19(5)18-10)21-11-6-7-12(16-9-11)17-14(20)22-15(2,3)4/h6-9H,1-5H3,(H,16,17,20). The monoisotopic (exact) mass is 304 g/mol. The van der Waals surface area contributed by atoms with Crippen molar-refractivity contribution in [2.45, 2.75) is 33.3 Å². The lowest BCUT2D eigenvalue weighted by Crippen LogP contribution is -2.27. The summed E-state index contributed by atoms with van der Waals surface area (Å²) in [6.07, 6.45) is 0.977. The third kappa shape index (κ3) is 4.47. The zero-order chi connectivity index (χ0) is 16.3. The van der Waals surface area contributed by atoms with Crippen molar-refractivity contribution in [3.8, 4) is 11.6 Å². The van der Waals surface area contributed by atoms with E-state index in [0.717, 1.165) is 5.69 Å². The van der Waals surface area contributed by atoms with E-state index in [1.54, 1.807) is 44.6 Å². The molecule has 1 amide bonds. The van der Waals surface area contributed by atoms with Crippen LogP contribution in [0.2, 0.25) is 0 Å². The Kier molecular flexibility index (Phi) is 4.35. The lowest BCUT2D eigenvalue weighted by Gasteiger charge is -2.19. The number of pyridine rings is 1. The SMILES string of the molecule is Cc1cc(Oc2ccc(NC(=O)OC(C)(C)C)nc2)n(C)n1. The van der Waals surface area contributed by atoms with Gasteiger partial charge in [0.2, 0.25) is 5.88 Å². The second-order valence-electron chi connectivity index (χ2n) is 5.86. The molecule has 7 nitrogen and oxygen atoms in total. The highest BCUT2D eigenvalue weighted by Gasteiger charge is 2.16. The van der Waals surface area contributed by atoms with Crippen molar-refractivity contribution in [3.63, 3.8) is 0 Å². The molecule has 0 saturated carbocycles. The molecule has 0 aliphatic rings. The van der Waals surface area contributed by atoms with E-state index in [2.05, 4.69) is 15.4 Å². The Morgan fingerprint density at radius 2 is 2.05 bits per heavy atom. The van der Waals surface area contributed by atoms with Crippen LogP contribution in [0.3, 0.4) is 0 Å². The Hall–Kier alpha value is -2.57. The van der Waals surface area contributed by atoms with E-state index in [4.69, 9.17) is 9.47 Å². The normalized spacial score (nSPS) is 11.1. The van der Waals surface area contributed by atoms with E-state index >= 15 is 0 Å². The molecule has 0 fully saturated rings. The van der Waals surface area contributed by atoms with Crippen LogP contribution < -0.4 is 10.1 Å². The predicted molar refractivity (Wildman–Crippen MR) is 82.1 cm³/mol. The molecule has 2 aromatic heterocycles. The maximum atomic E-state index is 11.6. The largest absolute Gasteiger partial charge is 0.444 e. The zero-order valence-electron chi connectivity index (χ0n) is 13.4. The number of hydrogen-bond acceptors (Lipinski definition) is 5. The predicted octanol–water partition coefficient (Wildman–Crippen LogP) is 3.26. The Bertz CT molecular complexity index is 656. The molecule has 118 valence electrons. The van der Waals surface area contributed by atoms with Crippen molar-refractivity contribution in [2.24, 2.45) is 7.05 Å². The van der Waals surface area contributed by atoms with Crippen LogP contribution in [0.25, 0.3) is 0 Å². The first-order chi connectivity index (χ1) is 10.2. The number of ether oxygens (including phenoxy) is 2. The molecule has 2 heterocycles. The molecule has 22 heavy (non-hydrogen) atoms. The minimum Gasteiger partial charge on any atom is -0.444 e. The topological polar surface area (TPSA) is 78.3 Å². The van der Waals surface area contributed by atoms with Crippen LogP contribution in [0.1, 0.15) is 26.5 Å². The van der Waals surface area contributed by atoms with Crippen LogP contribution in [-0.4, -0.2) is 26.5 Å². The Balaban J connectivity index is 1.98. The summed E-state index contributed by atoms with van der Waals surface area (Å²) in [6.45, 7) is 7.28. The molecule has 0 aliphatic carbocycles. The van der Waals surface area contributed by atoms with Gasteiger partial charge in [-0.3, -0.25) is 5.32 Å². The minimum absolute atomic E-state index is 0.391. The summed E-state index contributed by atoms with van der Waals surface area (Å²) >= 11 is 0. The number of hydrogen-bond donors (Lipinski definition) is 1. The number of rotatable bonds is 3. The molecule has 0 radical (unpaired) electrons. The number of carbonyl (C=O) groups is 1. The van der Waals surface area contributed by atoms with Crippen molar-refractivity contribution in [2.75, 3.05) is 5.32 Å². The summed E-state index contributed by atoms with van der Waals surface area (Å²) in [4.78, 5) is 15.7. The summed E-state index contributed by atoms with van der Waals surface area (Å²) in [5, 5.41) is 6.76. The number of carbonyl (C=O) groups excluding carboxylic acids is 1. The molecule has 0 unspecified atom stereocenters. The van der Waals surface area contributed by atoms with Crippen molar-refractivity contribution in [1.29, 1.82) is 0 Å². The Morgan fingerprint density at radius 3 is 2.55 bits per heavy atom. The molecule has 1 N–H and O–H groups in total. The van der Waals surface area contributed by atoms with E-state index < -0.39 is 11.7 Å². The van der Waals surface area contributed by atoms with Gasteiger partial charge in [-0.25, -0.2) is 14.5 Å². The maximum absolute atomic E-state index is 11.6. The first-order valence-corrected chi connectivity index (χ1v) is 6.87. The Morgan fingerprint density at radius 1 is 1.32 bits per heavy atom. The number of anilines is 1. The van der Waals surface area contributed by atoms with Crippen molar-refractivity contribution >= 4 is 11.9 Å². The van der Waals surface area contributed by atoms with Crippen molar-refractivity contribution in [3.05, 3.63) is 30.1 Å². The highest BCUT2D eigenvalue weighted by Crippen LogP contribution is 2.21. The number of aryl methyl sites for hydroxylation is 2. The molecule has 0 spiro atoms. The van der Waals surface area contributed by atoms with Gasteiger partial charge in [0.05, 0.1) is 11.9 Å². The first-order valence-electron chi connectivity index (χ1n) is 6.87. The fraction of sp³-hybridized carbons (Fsp3) is 0.400. The van der Waals surface area contributed by atoms with E-state index in [0.29, 0.717) is 17.4 Å². The minimum atomic E-state index is -0.551. The summed E-state index contributed by atoms with van der Waals surface area (Å²) in [6, 6.07) is 5.18. The van der Waals surface area contributed by atoms with Crippen molar-refractivity contribution in [1.82, 2.24) is 14.8 Å². The van der Waals surface area contributed by atoms with Gasteiger partial charge in [-0.15, -0.1) is 0 Å². The summed E-state index contributed by atoms with van der Waals surface area (Å²) in [5.41, 5.74) is 0.318. The highest BCUT2D eigenvalue weighted by atomic mass is 16.6. The average Bonchev–Trinajstić information content (AvgIpc) is 2.68. The van der Waals surface area contributed by atoms with E-state index in [1.165, 1.54) is 6.20 Å². The van der Waals surface area contributed by atoms with E-state index in [1.807, 2.05) is 13.0 Å². The number of nitrogens with zero attached hydrogens (tertiary/aromatic N) is 3. The van der Waals surface area contributed by atoms with Gasteiger partial charge >= 0.3 is 6.09 Å². The summed E-state index contributed by atoms with van der Waals surface area (Å²) in [5.74, 6) is 1.56. The van der Waals surface area contributed by atoms with Gasteiger partial charge in [0.1, 0.15) is 17.2 Å². The lowest BCUT2D eigenvalue weighted by atomic mass is 10.2. The van der Waals surface area contributed by atoms with Gasteiger partial charge in [-0.2, -0.15) is 5.10 Å². The molecule has 0 atom stereocenters. The van der Waals surface area contributed by atoms with Crippen molar-refractivity contribution < 1.29 is 14.3 Å². The summed E-state index contributed by atoms with van der Waals surface area (Å²) in [7, 11) is 1.80. The van der Waals surface area contributed by atoms with Crippen LogP contribution in [0, 0.1) is 6.92 Å². The molecule has 0 aromatic carbocycles. The number of amides is 1. The second-order valence-corrected chi connectivity index (χ2v) is 5.86. The fourth-order valence-electron chi connectivity index (χ4n) is 1.73. The first kappa shape index (κ1) is 15.8. The highest BCUT2D eigenvalue weighted by molar-refractivity contribution is 5.83. The second kappa shape index (κ2) is 6.05. The quantitative estimate of drug-likeness (QED) is 0.941. The maximum Gasteiger partial charge on any atom is 0.413 e. The van der Waals surface area contributed by atoms with Crippen LogP contribution in [0.4, 0.5) is 10.6 Å². The van der Waals surface area contributed by atoms with Crippen LogP contribution in [-0.2, 0) is 11.8 Å².